The standard InChI is InChI=1S/C26H28N2O3/c1-3-15-6-5-7-16(4-2)23(15)27-24(29)17-10-12-20(13-11-17)28-25(30)21-18-8-9-19(14-18)22(21)26(28)31/h5-7,10-13,18-19,21-22H,3-4,8-9,14H2,1-2H3,(H,27,29)/t18-,19+,21-,22-/m0/s1. The van der Waals surface area contributed by atoms with E-state index < -0.39 is 0 Å². The number of para-hydroxylation sites is 1. The van der Waals surface area contributed by atoms with Gasteiger partial charge in [0.1, 0.15) is 0 Å². The highest BCUT2D eigenvalue weighted by Gasteiger charge is 2.61. The fourth-order valence-corrected chi connectivity index (χ4v) is 6.01. The third kappa shape index (κ3) is 3.10. The van der Waals surface area contributed by atoms with E-state index in [0.29, 0.717) is 23.1 Å². The number of anilines is 2. The van der Waals surface area contributed by atoms with Crippen LogP contribution in [0.4, 0.5) is 11.4 Å². The van der Waals surface area contributed by atoms with Crippen LogP contribution in [0.5, 0.6) is 0 Å². The number of aryl methyl sites for hydroxylation is 2. The smallest absolute Gasteiger partial charge is 0.255 e. The minimum atomic E-state index is -0.184. The van der Waals surface area contributed by atoms with Crippen molar-refractivity contribution in [2.75, 3.05) is 10.2 Å². The maximum atomic E-state index is 13.0. The molecule has 31 heavy (non-hydrogen) atoms. The van der Waals surface area contributed by atoms with Crippen molar-refractivity contribution >= 4 is 29.1 Å². The Morgan fingerprint density at radius 2 is 1.45 bits per heavy atom. The molecule has 0 spiro atoms. The largest absolute Gasteiger partial charge is 0.321 e. The van der Waals surface area contributed by atoms with Crippen LogP contribution >= 0.6 is 0 Å². The van der Waals surface area contributed by atoms with Crippen molar-refractivity contribution in [3.05, 3.63) is 59.2 Å². The number of fused-ring (bicyclic) bond motifs is 5. The highest BCUT2D eigenvalue weighted by Crippen LogP contribution is 2.56. The number of amides is 3. The van der Waals surface area contributed by atoms with E-state index in [9.17, 15) is 14.4 Å². The van der Waals surface area contributed by atoms with E-state index in [4.69, 9.17) is 0 Å². The molecule has 1 saturated heterocycles. The predicted octanol–water partition coefficient (Wildman–Crippen LogP) is 4.60. The number of carbonyl (C=O) groups excluding carboxylic acids is 3. The Balaban J connectivity index is 1.36. The van der Waals surface area contributed by atoms with Gasteiger partial charge < -0.3 is 5.32 Å². The third-order valence-corrected chi connectivity index (χ3v) is 7.55. The molecular weight excluding hydrogens is 388 g/mol. The van der Waals surface area contributed by atoms with Gasteiger partial charge in [0.25, 0.3) is 5.91 Å². The van der Waals surface area contributed by atoms with E-state index in [-0.39, 0.29) is 29.6 Å². The lowest BCUT2D eigenvalue weighted by atomic mass is 9.81. The van der Waals surface area contributed by atoms with Gasteiger partial charge in [0.2, 0.25) is 11.8 Å². The van der Waals surface area contributed by atoms with E-state index in [1.165, 1.54) is 4.90 Å². The highest BCUT2D eigenvalue weighted by atomic mass is 16.2. The maximum Gasteiger partial charge on any atom is 0.255 e. The molecular formula is C26H28N2O3. The Morgan fingerprint density at radius 3 is 1.97 bits per heavy atom. The van der Waals surface area contributed by atoms with Gasteiger partial charge in [-0.05, 0) is 79.3 Å². The first kappa shape index (κ1) is 20.0. The van der Waals surface area contributed by atoms with Crippen molar-refractivity contribution in [2.45, 2.75) is 46.0 Å². The number of carbonyl (C=O) groups is 3. The summed E-state index contributed by atoms with van der Waals surface area (Å²) in [7, 11) is 0. The second-order valence-corrected chi connectivity index (χ2v) is 9.06. The van der Waals surface area contributed by atoms with Crippen LogP contribution in [0.1, 0.15) is 54.6 Å². The van der Waals surface area contributed by atoms with E-state index in [0.717, 1.165) is 48.9 Å². The molecule has 1 N–H and O–H groups in total. The molecule has 1 aliphatic heterocycles. The van der Waals surface area contributed by atoms with Crippen LogP contribution in [0.25, 0.3) is 0 Å². The minimum Gasteiger partial charge on any atom is -0.321 e. The molecule has 0 radical (unpaired) electrons. The molecule has 3 aliphatic rings. The molecule has 5 nitrogen and oxygen atoms in total. The lowest BCUT2D eigenvalue weighted by molar-refractivity contribution is -0.123. The number of hydrogen-bond acceptors (Lipinski definition) is 3. The fourth-order valence-electron chi connectivity index (χ4n) is 6.01. The van der Waals surface area contributed by atoms with Crippen molar-refractivity contribution < 1.29 is 14.4 Å². The first-order valence-electron chi connectivity index (χ1n) is 11.4. The zero-order valence-corrected chi connectivity index (χ0v) is 18.1. The molecule has 2 aromatic rings. The average Bonchev–Trinajstić information content (AvgIpc) is 3.47. The number of imide groups is 1. The van der Waals surface area contributed by atoms with Crippen LogP contribution in [-0.4, -0.2) is 17.7 Å². The van der Waals surface area contributed by atoms with Gasteiger partial charge in [-0.1, -0.05) is 32.0 Å². The van der Waals surface area contributed by atoms with E-state index in [2.05, 4.69) is 19.2 Å². The molecule has 2 aromatic carbocycles. The molecule has 5 rings (SSSR count). The Labute approximate surface area is 182 Å². The minimum absolute atomic E-state index is 0.0520. The predicted molar refractivity (Wildman–Crippen MR) is 120 cm³/mol. The molecule has 0 unspecified atom stereocenters. The van der Waals surface area contributed by atoms with Gasteiger partial charge in [-0.15, -0.1) is 0 Å². The topological polar surface area (TPSA) is 66.5 Å². The quantitative estimate of drug-likeness (QED) is 0.725. The SMILES string of the molecule is CCc1cccc(CC)c1NC(=O)c1ccc(N2C(=O)[C@H]3[C@@H]4CC[C@@H](C4)[C@@H]3C2=O)cc1. The lowest BCUT2D eigenvalue weighted by Crippen LogP contribution is -2.32. The second-order valence-electron chi connectivity index (χ2n) is 9.06. The first-order valence-corrected chi connectivity index (χ1v) is 11.4. The summed E-state index contributed by atoms with van der Waals surface area (Å²) < 4.78 is 0. The van der Waals surface area contributed by atoms with Crippen LogP contribution in [0, 0.1) is 23.7 Å². The van der Waals surface area contributed by atoms with Crippen LogP contribution < -0.4 is 10.2 Å². The maximum absolute atomic E-state index is 13.0. The van der Waals surface area contributed by atoms with E-state index >= 15 is 0 Å². The summed E-state index contributed by atoms with van der Waals surface area (Å²) in [4.78, 5) is 40.3. The Hall–Kier alpha value is -2.95. The van der Waals surface area contributed by atoms with Crippen molar-refractivity contribution in [3.63, 3.8) is 0 Å². The summed E-state index contributed by atoms with van der Waals surface area (Å²) in [5.74, 6) is 0.184. The fraction of sp³-hybridized carbons (Fsp3) is 0.423. The molecule has 0 aromatic heterocycles. The summed E-state index contributed by atoms with van der Waals surface area (Å²) in [5.41, 5.74) is 4.19. The molecule has 160 valence electrons. The number of hydrogen-bond donors (Lipinski definition) is 1. The zero-order valence-electron chi connectivity index (χ0n) is 18.1. The summed E-state index contributed by atoms with van der Waals surface area (Å²) in [6.07, 6.45) is 4.84. The van der Waals surface area contributed by atoms with Crippen LogP contribution in [0.3, 0.4) is 0 Å². The number of nitrogens with zero attached hydrogens (tertiary/aromatic N) is 1. The van der Waals surface area contributed by atoms with E-state index in [1.54, 1.807) is 24.3 Å². The van der Waals surface area contributed by atoms with Gasteiger partial charge in [-0.3, -0.25) is 19.3 Å². The van der Waals surface area contributed by atoms with Crippen molar-refractivity contribution in [2.24, 2.45) is 23.7 Å². The first-order chi connectivity index (χ1) is 15.0. The molecule has 4 atom stereocenters. The van der Waals surface area contributed by atoms with Gasteiger partial charge in [0, 0.05) is 11.3 Å². The van der Waals surface area contributed by atoms with Gasteiger partial charge in [0.05, 0.1) is 17.5 Å². The number of rotatable bonds is 5. The number of nitrogens with one attached hydrogen (secondary N) is 1. The molecule has 2 saturated carbocycles. The summed E-state index contributed by atoms with van der Waals surface area (Å²) in [6, 6.07) is 12.9. The highest BCUT2D eigenvalue weighted by molar-refractivity contribution is 6.22. The Bertz CT molecular complexity index is 1010. The summed E-state index contributed by atoms with van der Waals surface area (Å²) in [5, 5.41) is 3.07. The van der Waals surface area contributed by atoms with Crippen molar-refractivity contribution in [1.29, 1.82) is 0 Å². The van der Waals surface area contributed by atoms with Gasteiger partial charge in [0.15, 0.2) is 0 Å². The molecule has 5 heteroatoms. The Morgan fingerprint density at radius 1 is 0.903 bits per heavy atom. The monoisotopic (exact) mass is 416 g/mol. The van der Waals surface area contributed by atoms with Gasteiger partial charge >= 0.3 is 0 Å². The van der Waals surface area contributed by atoms with Gasteiger partial charge in [-0.25, -0.2) is 0 Å². The normalized spacial score (nSPS) is 26.5. The molecule has 3 amide bonds. The third-order valence-electron chi connectivity index (χ3n) is 7.55. The van der Waals surface area contributed by atoms with Gasteiger partial charge in [-0.2, -0.15) is 0 Å². The zero-order chi connectivity index (χ0) is 21.7. The molecule has 2 bridgehead atoms. The van der Waals surface area contributed by atoms with Crippen LogP contribution in [0.2, 0.25) is 0 Å². The number of benzene rings is 2. The Kier molecular flexibility index (Phi) is 4.92. The van der Waals surface area contributed by atoms with Crippen LogP contribution in [0.15, 0.2) is 42.5 Å². The lowest BCUT2D eigenvalue weighted by Gasteiger charge is -2.19. The van der Waals surface area contributed by atoms with E-state index in [1.807, 2.05) is 18.2 Å². The average molecular weight is 417 g/mol. The summed E-state index contributed by atoms with van der Waals surface area (Å²) >= 11 is 0. The van der Waals surface area contributed by atoms with Crippen molar-refractivity contribution in [3.8, 4) is 0 Å². The molecule has 1 heterocycles. The van der Waals surface area contributed by atoms with Crippen molar-refractivity contribution in [1.82, 2.24) is 0 Å². The molecule has 2 aliphatic carbocycles. The summed E-state index contributed by atoms with van der Waals surface area (Å²) in [6.45, 7) is 4.15. The van der Waals surface area contributed by atoms with Crippen LogP contribution in [-0.2, 0) is 22.4 Å². The molecule has 3 fully saturated rings. The second kappa shape index (κ2) is 7.63.